The number of ether oxygens (including phenoxy) is 1. The molecule has 0 radical (unpaired) electrons. The van der Waals surface area contributed by atoms with Gasteiger partial charge in [0.1, 0.15) is 5.75 Å². The van der Waals surface area contributed by atoms with Gasteiger partial charge in [0.2, 0.25) is 0 Å². The smallest absolute Gasteiger partial charge is 0.264 e. The molecule has 1 fully saturated rings. The molecule has 6 heteroatoms. The first-order valence-corrected chi connectivity index (χ1v) is 9.43. The molecule has 0 spiro atoms. The average Bonchev–Trinajstić information content (AvgIpc) is 2.64. The quantitative estimate of drug-likeness (QED) is 0.752. The molecule has 2 aromatic rings. The maximum Gasteiger partial charge on any atom is 0.264 e. The van der Waals surface area contributed by atoms with Crippen molar-refractivity contribution in [1.82, 2.24) is 4.90 Å². The van der Waals surface area contributed by atoms with Crippen LogP contribution in [0.2, 0.25) is 5.02 Å². The Hall–Kier alpha value is -2.11. The fraction of sp³-hybridized carbons (Fsp3) is 0.300. The van der Waals surface area contributed by atoms with Gasteiger partial charge in [0, 0.05) is 29.4 Å². The number of likely N-dealkylation sites (tertiary alicyclic amines) is 1. The number of thiocarbonyl (C=S) groups is 1. The van der Waals surface area contributed by atoms with Gasteiger partial charge in [-0.2, -0.15) is 0 Å². The van der Waals surface area contributed by atoms with E-state index in [1.54, 1.807) is 48.5 Å². The maximum atomic E-state index is 12.3. The van der Waals surface area contributed by atoms with Crippen LogP contribution >= 0.6 is 23.8 Å². The van der Waals surface area contributed by atoms with E-state index in [1.165, 1.54) is 0 Å². The van der Waals surface area contributed by atoms with Gasteiger partial charge in [0.15, 0.2) is 0 Å². The van der Waals surface area contributed by atoms with E-state index in [1.807, 2.05) is 0 Å². The van der Waals surface area contributed by atoms with Crippen molar-refractivity contribution in [2.24, 2.45) is 5.92 Å². The van der Waals surface area contributed by atoms with E-state index in [2.05, 4.69) is 17.1 Å². The molecule has 2 aromatic carbocycles. The molecule has 0 aliphatic carbocycles. The third-order valence-electron chi connectivity index (χ3n) is 4.47. The molecule has 26 heavy (non-hydrogen) atoms. The molecule has 0 bridgehead atoms. The Kier molecular flexibility index (Phi) is 6.12. The molecule has 0 saturated carbocycles. The average molecular weight is 389 g/mol. The second-order valence-corrected chi connectivity index (χ2v) is 7.31. The lowest BCUT2D eigenvalue weighted by Crippen LogP contribution is -2.39. The number of nitrogens with zero attached hydrogens (tertiary/aromatic N) is 1. The Bertz CT molecular complexity index is 769. The molecule has 1 aliphatic rings. The Morgan fingerprint density at radius 2 is 1.73 bits per heavy atom. The monoisotopic (exact) mass is 388 g/mol. The van der Waals surface area contributed by atoms with Gasteiger partial charge in [-0.05, 0) is 79.5 Å². The van der Waals surface area contributed by atoms with Gasteiger partial charge in [0.05, 0.1) is 0 Å². The lowest BCUT2D eigenvalue weighted by atomic mass is 10.00. The molecule has 1 aliphatic heterocycles. The number of hydrogen-bond donors (Lipinski definition) is 1. The summed E-state index contributed by atoms with van der Waals surface area (Å²) in [7, 11) is 0. The topological polar surface area (TPSA) is 41.6 Å². The summed E-state index contributed by atoms with van der Waals surface area (Å²) >= 11 is 11.2. The van der Waals surface area contributed by atoms with Gasteiger partial charge in [0.25, 0.3) is 11.1 Å². The van der Waals surface area contributed by atoms with Crippen molar-refractivity contribution in [2.75, 3.05) is 18.4 Å². The van der Waals surface area contributed by atoms with Crippen LogP contribution in [-0.2, 0) is 0 Å². The fourth-order valence-electron chi connectivity index (χ4n) is 2.77. The first-order valence-electron chi connectivity index (χ1n) is 8.65. The number of piperidine rings is 1. The van der Waals surface area contributed by atoms with Crippen molar-refractivity contribution in [2.45, 2.75) is 19.8 Å². The van der Waals surface area contributed by atoms with Crippen molar-refractivity contribution in [3.63, 3.8) is 0 Å². The summed E-state index contributed by atoms with van der Waals surface area (Å²) in [6.45, 7) is 4.12. The van der Waals surface area contributed by atoms with E-state index in [9.17, 15) is 4.79 Å². The zero-order valence-electron chi connectivity index (χ0n) is 14.6. The zero-order chi connectivity index (χ0) is 18.5. The normalized spacial score (nSPS) is 14.8. The molecule has 1 N–H and O–H groups in total. The lowest BCUT2D eigenvalue weighted by molar-refractivity contribution is 0.102. The van der Waals surface area contributed by atoms with Gasteiger partial charge >= 0.3 is 0 Å². The van der Waals surface area contributed by atoms with Crippen molar-refractivity contribution >= 4 is 40.6 Å². The Balaban J connectivity index is 1.56. The third-order valence-corrected chi connectivity index (χ3v) is 5.06. The van der Waals surface area contributed by atoms with E-state index in [0.717, 1.165) is 31.8 Å². The van der Waals surface area contributed by atoms with Gasteiger partial charge in [-0.15, -0.1) is 0 Å². The van der Waals surface area contributed by atoms with Crippen molar-refractivity contribution in [3.05, 3.63) is 59.1 Å². The van der Waals surface area contributed by atoms with Crippen LogP contribution in [0, 0.1) is 5.92 Å². The zero-order valence-corrected chi connectivity index (χ0v) is 16.1. The summed E-state index contributed by atoms with van der Waals surface area (Å²) in [5.74, 6) is 1.19. The number of hydrogen-bond acceptors (Lipinski definition) is 3. The van der Waals surface area contributed by atoms with E-state index in [4.69, 9.17) is 28.6 Å². The number of carbonyl (C=O) groups is 1. The highest BCUT2D eigenvalue weighted by Gasteiger charge is 2.19. The van der Waals surface area contributed by atoms with Gasteiger partial charge in [-0.1, -0.05) is 18.5 Å². The minimum Gasteiger partial charge on any atom is -0.432 e. The van der Waals surface area contributed by atoms with Crippen LogP contribution in [0.25, 0.3) is 0 Å². The van der Waals surface area contributed by atoms with Crippen LogP contribution < -0.4 is 10.1 Å². The highest BCUT2D eigenvalue weighted by molar-refractivity contribution is 7.80. The lowest BCUT2D eigenvalue weighted by Gasteiger charge is -2.31. The molecule has 4 nitrogen and oxygen atoms in total. The van der Waals surface area contributed by atoms with E-state index in [0.29, 0.717) is 27.2 Å². The molecule has 0 unspecified atom stereocenters. The number of carbonyl (C=O) groups excluding carboxylic acids is 1. The van der Waals surface area contributed by atoms with Crippen LogP contribution in [0.15, 0.2) is 48.5 Å². The van der Waals surface area contributed by atoms with E-state index < -0.39 is 0 Å². The van der Waals surface area contributed by atoms with Gasteiger partial charge in [-0.25, -0.2) is 0 Å². The standard InChI is InChI=1S/C20H21ClN2O2S/c1-14-10-12-23(13-11-14)20(26)25-18-8-2-15(3-9-18)19(24)22-17-6-4-16(21)5-7-17/h2-9,14H,10-13H2,1H3,(H,22,24). The van der Waals surface area contributed by atoms with Crippen LogP contribution in [0.5, 0.6) is 5.75 Å². The first kappa shape index (κ1) is 18.7. The minimum atomic E-state index is -0.188. The number of amides is 1. The summed E-state index contributed by atoms with van der Waals surface area (Å²) in [5, 5.41) is 3.95. The molecule has 3 rings (SSSR count). The van der Waals surface area contributed by atoms with Crippen LogP contribution in [0.4, 0.5) is 5.69 Å². The van der Waals surface area contributed by atoms with Crippen molar-refractivity contribution in [1.29, 1.82) is 0 Å². The van der Waals surface area contributed by atoms with Crippen LogP contribution in [-0.4, -0.2) is 29.1 Å². The SMILES string of the molecule is CC1CCN(C(=S)Oc2ccc(C(=O)Nc3ccc(Cl)cc3)cc2)CC1. The predicted molar refractivity (Wildman–Crippen MR) is 109 cm³/mol. The second-order valence-electron chi connectivity index (χ2n) is 6.52. The highest BCUT2D eigenvalue weighted by atomic mass is 35.5. The van der Waals surface area contributed by atoms with Crippen LogP contribution in [0.1, 0.15) is 30.1 Å². The number of rotatable bonds is 3. The number of benzene rings is 2. The van der Waals surface area contributed by atoms with Crippen LogP contribution in [0.3, 0.4) is 0 Å². The van der Waals surface area contributed by atoms with E-state index >= 15 is 0 Å². The van der Waals surface area contributed by atoms with Gasteiger partial charge < -0.3 is 15.0 Å². The molecule has 1 amide bonds. The highest BCUT2D eigenvalue weighted by Crippen LogP contribution is 2.20. The predicted octanol–water partition coefficient (Wildman–Crippen LogP) is 4.99. The molecule has 0 atom stereocenters. The summed E-state index contributed by atoms with van der Waals surface area (Å²) in [6, 6.07) is 14.0. The summed E-state index contributed by atoms with van der Waals surface area (Å²) in [6.07, 6.45) is 2.26. The number of nitrogens with one attached hydrogen (secondary N) is 1. The Morgan fingerprint density at radius 3 is 2.35 bits per heavy atom. The Labute approximate surface area is 164 Å². The third kappa shape index (κ3) is 4.96. The molecule has 1 heterocycles. The second kappa shape index (κ2) is 8.52. The van der Waals surface area contributed by atoms with Crippen molar-refractivity contribution in [3.8, 4) is 5.75 Å². The maximum absolute atomic E-state index is 12.3. The van der Waals surface area contributed by atoms with Crippen molar-refractivity contribution < 1.29 is 9.53 Å². The molecular formula is C20H21ClN2O2S. The van der Waals surface area contributed by atoms with E-state index in [-0.39, 0.29) is 5.91 Å². The summed E-state index contributed by atoms with van der Waals surface area (Å²) in [5.41, 5.74) is 1.24. The molecular weight excluding hydrogens is 368 g/mol. The summed E-state index contributed by atoms with van der Waals surface area (Å²) < 4.78 is 5.77. The minimum absolute atomic E-state index is 0.188. The largest absolute Gasteiger partial charge is 0.432 e. The molecule has 1 saturated heterocycles. The molecule has 136 valence electrons. The fourth-order valence-corrected chi connectivity index (χ4v) is 3.17. The number of halogens is 1. The summed E-state index contributed by atoms with van der Waals surface area (Å²) in [4.78, 5) is 14.4. The van der Waals surface area contributed by atoms with Gasteiger partial charge in [-0.3, -0.25) is 4.79 Å². The first-order chi connectivity index (χ1) is 12.5. The molecule has 0 aromatic heterocycles. The number of anilines is 1. The Morgan fingerprint density at radius 1 is 1.12 bits per heavy atom.